The molecule has 0 amide bonds. The molecule has 0 saturated carbocycles. The fraction of sp³-hybridized carbons (Fsp3) is 0. The average molecular weight is 341 g/mol. The van der Waals surface area contributed by atoms with Gasteiger partial charge in [-0.2, -0.15) is 0 Å². The number of benzene rings is 2. The van der Waals surface area contributed by atoms with Crippen LogP contribution in [0.2, 0.25) is 5.02 Å². The fourth-order valence-electron chi connectivity index (χ4n) is 1.77. The van der Waals surface area contributed by atoms with Gasteiger partial charge in [-0.1, -0.05) is 51.2 Å². The highest BCUT2D eigenvalue weighted by Crippen LogP contribution is 2.27. The third-order valence-corrected chi connectivity index (χ3v) is 4.53. The second-order valence-electron chi connectivity index (χ2n) is 3.78. The minimum absolute atomic E-state index is 0.0319. The van der Waals surface area contributed by atoms with Crippen LogP contribution >= 0.6 is 39.1 Å². The third kappa shape index (κ3) is 1.90. The highest BCUT2D eigenvalue weighted by molar-refractivity contribution is 9.10. The average Bonchev–Trinajstić information content (AvgIpc) is 2.71. The summed E-state index contributed by atoms with van der Waals surface area (Å²) in [5.74, 6) is 0. The standard InChI is InChI=1S/C13H7BrClNOS/c14-8-5-6-10(15)11(7-8)16-13(17)9-3-1-2-4-12(9)18-16/h1-7H. The molecule has 90 valence electrons. The van der Waals surface area contributed by atoms with Crippen LogP contribution in [-0.2, 0) is 0 Å². The SMILES string of the molecule is O=c1c2ccccc2sn1-c1cc(Br)ccc1Cl. The highest BCUT2D eigenvalue weighted by atomic mass is 79.9. The number of hydrogen-bond donors (Lipinski definition) is 0. The molecule has 0 spiro atoms. The van der Waals surface area contributed by atoms with Crippen LogP contribution in [0.25, 0.3) is 15.8 Å². The van der Waals surface area contributed by atoms with Crippen molar-refractivity contribution in [2.75, 3.05) is 0 Å². The normalized spacial score (nSPS) is 11.0. The summed E-state index contributed by atoms with van der Waals surface area (Å²) in [5.41, 5.74) is 0.674. The quantitative estimate of drug-likeness (QED) is 0.640. The van der Waals surface area contributed by atoms with Gasteiger partial charge >= 0.3 is 0 Å². The molecule has 3 rings (SSSR count). The minimum atomic E-state index is -0.0319. The summed E-state index contributed by atoms with van der Waals surface area (Å²) in [6, 6.07) is 13.0. The molecule has 0 N–H and O–H groups in total. The molecule has 2 aromatic carbocycles. The van der Waals surface area contributed by atoms with E-state index in [1.165, 1.54) is 11.5 Å². The lowest BCUT2D eigenvalue weighted by atomic mass is 10.3. The second kappa shape index (κ2) is 4.53. The van der Waals surface area contributed by atoms with Crippen LogP contribution in [0, 0.1) is 0 Å². The fourth-order valence-corrected chi connectivity index (χ4v) is 3.39. The molecule has 0 saturated heterocycles. The van der Waals surface area contributed by atoms with Gasteiger partial charge in [-0.3, -0.25) is 4.79 Å². The van der Waals surface area contributed by atoms with E-state index in [1.54, 1.807) is 10.0 Å². The predicted octanol–water partition coefficient (Wildman–Crippen LogP) is 4.47. The molecule has 1 heterocycles. The van der Waals surface area contributed by atoms with Crippen molar-refractivity contribution >= 4 is 49.1 Å². The summed E-state index contributed by atoms with van der Waals surface area (Å²) in [7, 11) is 0. The Bertz CT molecular complexity index is 793. The lowest BCUT2D eigenvalue weighted by molar-refractivity contribution is 1.14. The number of nitrogens with zero attached hydrogens (tertiary/aromatic N) is 1. The third-order valence-electron chi connectivity index (χ3n) is 2.62. The topological polar surface area (TPSA) is 22.0 Å². The van der Waals surface area contributed by atoms with E-state index in [1.807, 2.05) is 36.4 Å². The van der Waals surface area contributed by atoms with Crippen molar-refractivity contribution in [1.29, 1.82) is 0 Å². The molecule has 0 aliphatic carbocycles. The van der Waals surface area contributed by atoms with Gasteiger partial charge < -0.3 is 0 Å². The van der Waals surface area contributed by atoms with Crippen LogP contribution in [0.5, 0.6) is 0 Å². The lowest BCUT2D eigenvalue weighted by Crippen LogP contribution is -2.10. The molecule has 0 unspecified atom stereocenters. The molecule has 2 nitrogen and oxygen atoms in total. The van der Waals surface area contributed by atoms with Crippen molar-refractivity contribution in [3.8, 4) is 5.69 Å². The van der Waals surface area contributed by atoms with Crippen molar-refractivity contribution in [2.24, 2.45) is 0 Å². The molecule has 5 heteroatoms. The Morgan fingerprint density at radius 1 is 1.17 bits per heavy atom. The van der Waals surface area contributed by atoms with Crippen molar-refractivity contribution in [2.45, 2.75) is 0 Å². The summed E-state index contributed by atoms with van der Waals surface area (Å²) in [5, 5.41) is 1.28. The summed E-state index contributed by atoms with van der Waals surface area (Å²) in [4.78, 5) is 12.3. The monoisotopic (exact) mass is 339 g/mol. The number of rotatable bonds is 1. The van der Waals surface area contributed by atoms with E-state index in [-0.39, 0.29) is 5.56 Å². The van der Waals surface area contributed by atoms with E-state index in [2.05, 4.69) is 15.9 Å². The number of halogens is 2. The maximum absolute atomic E-state index is 12.3. The number of aromatic nitrogens is 1. The summed E-state index contributed by atoms with van der Waals surface area (Å²) >= 11 is 10.9. The molecule has 0 fully saturated rings. The first-order valence-corrected chi connectivity index (χ1v) is 7.18. The van der Waals surface area contributed by atoms with E-state index >= 15 is 0 Å². The van der Waals surface area contributed by atoms with Gasteiger partial charge in [0, 0.05) is 4.47 Å². The van der Waals surface area contributed by atoms with Gasteiger partial charge in [0.1, 0.15) is 0 Å². The van der Waals surface area contributed by atoms with Crippen LogP contribution in [-0.4, -0.2) is 3.96 Å². The van der Waals surface area contributed by atoms with E-state index in [4.69, 9.17) is 11.6 Å². The van der Waals surface area contributed by atoms with Crippen molar-refractivity contribution in [1.82, 2.24) is 3.96 Å². The molecule has 1 aromatic heterocycles. The molecule has 3 aromatic rings. The summed E-state index contributed by atoms with van der Waals surface area (Å²) in [6.07, 6.45) is 0. The maximum Gasteiger partial charge on any atom is 0.273 e. The van der Waals surface area contributed by atoms with Gasteiger partial charge in [0.05, 0.1) is 20.8 Å². The van der Waals surface area contributed by atoms with Crippen molar-refractivity contribution < 1.29 is 0 Å². The largest absolute Gasteiger partial charge is 0.273 e. The first-order valence-electron chi connectivity index (χ1n) is 5.23. The Morgan fingerprint density at radius 3 is 2.72 bits per heavy atom. The summed E-state index contributed by atoms with van der Waals surface area (Å²) in [6.45, 7) is 0. The highest BCUT2D eigenvalue weighted by Gasteiger charge is 2.11. The molecule has 0 aliphatic heterocycles. The van der Waals surface area contributed by atoms with Gasteiger partial charge in [0.25, 0.3) is 5.56 Å². The zero-order chi connectivity index (χ0) is 12.7. The van der Waals surface area contributed by atoms with Gasteiger partial charge in [0.15, 0.2) is 0 Å². The van der Waals surface area contributed by atoms with E-state index in [0.29, 0.717) is 10.7 Å². The van der Waals surface area contributed by atoms with Crippen LogP contribution in [0.1, 0.15) is 0 Å². The van der Waals surface area contributed by atoms with Gasteiger partial charge in [-0.05, 0) is 30.3 Å². The van der Waals surface area contributed by atoms with Gasteiger partial charge in [-0.15, -0.1) is 0 Å². The first-order chi connectivity index (χ1) is 8.66. The maximum atomic E-state index is 12.3. The summed E-state index contributed by atoms with van der Waals surface area (Å²) < 4.78 is 3.47. The minimum Gasteiger partial charge on any atom is -0.267 e. The van der Waals surface area contributed by atoms with Gasteiger partial charge in [0.2, 0.25) is 0 Å². The number of fused-ring (bicyclic) bond motifs is 1. The molecule has 0 aliphatic rings. The number of hydrogen-bond acceptors (Lipinski definition) is 2. The Balaban J connectivity index is 2.35. The van der Waals surface area contributed by atoms with E-state index in [9.17, 15) is 4.79 Å². The van der Waals surface area contributed by atoms with Crippen molar-refractivity contribution in [3.05, 3.63) is 62.3 Å². The second-order valence-corrected chi connectivity index (χ2v) is 6.09. The molecule has 0 bridgehead atoms. The Morgan fingerprint density at radius 2 is 1.94 bits per heavy atom. The van der Waals surface area contributed by atoms with Crippen LogP contribution in [0.3, 0.4) is 0 Å². The van der Waals surface area contributed by atoms with Crippen LogP contribution in [0.4, 0.5) is 0 Å². The van der Waals surface area contributed by atoms with Gasteiger partial charge in [-0.25, -0.2) is 3.96 Å². The predicted molar refractivity (Wildman–Crippen MR) is 80.1 cm³/mol. The smallest absolute Gasteiger partial charge is 0.267 e. The molecule has 0 radical (unpaired) electrons. The zero-order valence-corrected chi connectivity index (χ0v) is 12.2. The molecule has 18 heavy (non-hydrogen) atoms. The lowest BCUT2D eigenvalue weighted by Gasteiger charge is -2.03. The van der Waals surface area contributed by atoms with E-state index in [0.717, 1.165) is 14.6 Å². The van der Waals surface area contributed by atoms with E-state index < -0.39 is 0 Å². The first kappa shape index (κ1) is 12.0. The van der Waals surface area contributed by atoms with Crippen molar-refractivity contribution in [3.63, 3.8) is 0 Å². The Hall–Kier alpha value is -1.10. The zero-order valence-electron chi connectivity index (χ0n) is 9.06. The van der Waals surface area contributed by atoms with Crippen LogP contribution in [0.15, 0.2) is 51.7 Å². The Labute approximate surface area is 121 Å². The Kier molecular flexibility index (Phi) is 3.01. The molecule has 0 atom stereocenters. The van der Waals surface area contributed by atoms with Crippen LogP contribution < -0.4 is 5.56 Å². The molecular formula is C13H7BrClNOS. The molecular weight excluding hydrogens is 334 g/mol.